The molecule has 1 saturated heterocycles. The summed E-state index contributed by atoms with van der Waals surface area (Å²) in [7, 11) is 3.92. The Balaban J connectivity index is 2.22. The van der Waals surface area contributed by atoms with Crippen LogP contribution in [0.1, 0.15) is 25.6 Å². The van der Waals surface area contributed by atoms with Gasteiger partial charge in [-0.25, -0.2) is 0 Å². The number of hydrogen-bond donors (Lipinski definition) is 1. The van der Waals surface area contributed by atoms with Crippen molar-refractivity contribution in [1.29, 1.82) is 0 Å². The molecule has 1 aliphatic heterocycles. The summed E-state index contributed by atoms with van der Waals surface area (Å²) < 4.78 is 7.27. The van der Waals surface area contributed by atoms with Gasteiger partial charge >= 0.3 is 0 Å². The van der Waals surface area contributed by atoms with E-state index in [0.29, 0.717) is 0 Å². The van der Waals surface area contributed by atoms with Gasteiger partial charge in [0, 0.05) is 25.7 Å². The maximum Gasteiger partial charge on any atom is 0.0771 e. The van der Waals surface area contributed by atoms with Crippen LogP contribution in [0.25, 0.3) is 0 Å². The van der Waals surface area contributed by atoms with E-state index in [0.717, 1.165) is 32.0 Å². The average Bonchev–Trinajstić information content (AvgIpc) is 2.78. The second kappa shape index (κ2) is 5.34. The van der Waals surface area contributed by atoms with E-state index in [1.165, 1.54) is 0 Å². The van der Waals surface area contributed by atoms with Crippen LogP contribution in [0.2, 0.25) is 0 Å². The predicted octanol–water partition coefficient (Wildman–Crippen LogP) is 0.186. The molecule has 0 spiro atoms. The molecule has 0 saturated carbocycles. The summed E-state index contributed by atoms with van der Waals surface area (Å²) in [6.07, 6.45) is 1.84. The molecule has 1 aromatic rings. The lowest BCUT2D eigenvalue weighted by atomic mass is 9.89. The van der Waals surface area contributed by atoms with E-state index in [-0.39, 0.29) is 11.6 Å². The molecule has 1 atom stereocenters. The van der Waals surface area contributed by atoms with E-state index in [9.17, 15) is 0 Å². The van der Waals surface area contributed by atoms with Crippen LogP contribution in [-0.2, 0) is 11.8 Å². The van der Waals surface area contributed by atoms with Crippen molar-refractivity contribution in [3.63, 3.8) is 0 Å². The summed E-state index contributed by atoms with van der Waals surface area (Å²) in [5, 5.41) is 11.4. The average molecular weight is 253 g/mol. The minimum absolute atomic E-state index is 0.00595. The Morgan fingerprint density at radius 2 is 2.06 bits per heavy atom. The van der Waals surface area contributed by atoms with Crippen LogP contribution in [0.3, 0.4) is 0 Å². The molecule has 1 aliphatic rings. The van der Waals surface area contributed by atoms with Gasteiger partial charge in [-0.2, -0.15) is 0 Å². The first-order chi connectivity index (χ1) is 8.57. The van der Waals surface area contributed by atoms with Gasteiger partial charge in [-0.05, 0) is 20.9 Å². The van der Waals surface area contributed by atoms with E-state index in [1.54, 1.807) is 0 Å². The van der Waals surface area contributed by atoms with Gasteiger partial charge in [0.05, 0.1) is 31.1 Å². The zero-order valence-electron chi connectivity index (χ0n) is 11.7. The maximum atomic E-state index is 5.43. The highest BCUT2D eigenvalue weighted by molar-refractivity contribution is 5.10. The van der Waals surface area contributed by atoms with Gasteiger partial charge in [0.15, 0.2) is 0 Å². The summed E-state index contributed by atoms with van der Waals surface area (Å²) in [6.45, 7) is 8.07. The number of nitrogens with one attached hydrogen (secondary N) is 1. The van der Waals surface area contributed by atoms with Gasteiger partial charge in [-0.3, -0.25) is 9.58 Å². The Kier molecular flexibility index (Phi) is 3.99. The fraction of sp³-hybridized carbons (Fsp3) is 0.833. The normalized spacial score (nSPS) is 20.0. The van der Waals surface area contributed by atoms with Crippen LogP contribution in [0, 0.1) is 0 Å². The van der Waals surface area contributed by atoms with Gasteiger partial charge in [-0.15, -0.1) is 5.10 Å². The molecule has 102 valence electrons. The first-order valence-electron chi connectivity index (χ1n) is 6.42. The Bertz CT molecular complexity index is 384. The minimum Gasteiger partial charge on any atom is -0.379 e. The zero-order chi connectivity index (χ0) is 13.2. The maximum absolute atomic E-state index is 5.43. The third-order valence-electron chi connectivity index (χ3n) is 3.87. The molecule has 2 heterocycles. The highest BCUT2D eigenvalue weighted by atomic mass is 16.5. The second-order valence-electron chi connectivity index (χ2n) is 5.26. The van der Waals surface area contributed by atoms with Crippen LogP contribution < -0.4 is 5.32 Å². The number of likely N-dealkylation sites (N-methyl/N-ethyl adjacent to an activating group) is 1. The highest BCUT2D eigenvalue weighted by Gasteiger charge is 2.37. The molecule has 6 nitrogen and oxygen atoms in total. The molecule has 18 heavy (non-hydrogen) atoms. The lowest BCUT2D eigenvalue weighted by molar-refractivity contribution is -0.0238. The lowest BCUT2D eigenvalue weighted by Crippen LogP contribution is -2.56. The molecule has 2 rings (SSSR count). The van der Waals surface area contributed by atoms with E-state index < -0.39 is 0 Å². The first-order valence-corrected chi connectivity index (χ1v) is 6.42. The van der Waals surface area contributed by atoms with Crippen molar-refractivity contribution in [2.24, 2.45) is 7.05 Å². The van der Waals surface area contributed by atoms with E-state index >= 15 is 0 Å². The first kappa shape index (κ1) is 13.5. The number of nitrogens with zero attached hydrogens (tertiary/aromatic N) is 4. The molecule has 1 N–H and O–H groups in total. The molecule has 1 fully saturated rings. The standard InChI is InChI=1S/C12H23N5O/c1-12(2,17-5-7-18-8-6-17)11(13-3)10-9-14-15-16(10)4/h9,11,13H,5-8H2,1-4H3. The molecule has 0 radical (unpaired) electrons. The Hall–Kier alpha value is -0.980. The van der Waals surface area contributed by atoms with Gasteiger partial charge in [0.25, 0.3) is 0 Å². The number of aromatic nitrogens is 3. The van der Waals surface area contributed by atoms with Crippen molar-refractivity contribution >= 4 is 0 Å². The van der Waals surface area contributed by atoms with Crippen molar-refractivity contribution in [2.45, 2.75) is 25.4 Å². The lowest BCUT2D eigenvalue weighted by Gasteiger charge is -2.45. The summed E-state index contributed by atoms with van der Waals surface area (Å²) in [5.74, 6) is 0. The molecular weight excluding hydrogens is 230 g/mol. The van der Waals surface area contributed by atoms with E-state index in [2.05, 4.69) is 34.4 Å². The largest absolute Gasteiger partial charge is 0.379 e. The summed E-state index contributed by atoms with van der Waals surface area (Å²) >= 11 is 0. The number of hydrogen-bond acceptors (Lipinski definition) is 5. The Labute approximate surface area is 108 Å². The molecule has 6 heteroatoms. The van der Waals surface area contributed by atoms with E-state index in [1.807, 2.05) is 25.0 Å². The van der Waals surface area contributed by atoms with Crippen LogP contribution in [-0.4, -0.2) is 58.8 Å². The van der Waals surface area contributed by atoms with Crippen molar-refractivity contribution in [3.8, 4) is 0 Å². The van der Waals surface area contributed by atoms with Crippen LogP contribution in [0.5, 0.6) is 0 Å². The monoisotopic (exact) mass is 253 g/mol. The third-order valence-corrected chi connectivity index (χ3v) is 3.87. The molecular formula is C12H23N5O. The van der Waals surface area contributed by atoms with Crippen molar-refractivity contribution < 1.29 is 4.74 Å². The van der Waals surface area contributed by atoms with Gasteiger partial charge in [0.2, 0.25) is 0 Å². The molecule has 1 aromatic heterocycles. The van der Waals surface area contributed by atoms with Gasteiger partial charge in [-0.1, -0.05) is 5.21 Å². The van der Waals surface area contributed by atoms with Crippen molar-refractivity contribution in [3.05, 3.63) is 11.9 Å². The van der Waals surface area contributed by atoms with Gasteiger partial charge < -0.3 is 10.1 Å². The number of aryl methyl sites for hydroxylation is 1. The zero-order valence-corrected chi connectivity index (χ0v) is 11.7. The topological polar surface area (TPSA) is 55.2 Å². The molecule has 0 amide bonds. The Morgan fingerprint density at radius 1 is 1.39 bits per heavy atom. The molecule has 0 bridgehead atoms. The summed E-state index contributed by atoms with van der Waals surface area (Å²) in [6, 6.07) is 0.190. The third kappa shape index (κ3) is 2.41. The smallest absolute Gasteiger partial charge is 0.0771 e. The molecule has 0 aromatic carbocycles. The fourth-order valence-electron chi connectivity index (χ4n) is 2.74. The number of ether oxygens (including phenoxy) is 1. The highest BCUT2D eigenvalue weighted by Crippen LogP contribution is 2.30. The minimum atomic E-state index is -0.00595. The molecule has 0 aliphatic carbocycles. The van der Waals surface area contributed by atoms with Crippen LogP contribution >= 0.6 is 0 Å². The van der Waals surface area contributed by atoms with E-state index in [4.69, 9.17) is 4.74 Å². The van der Waals surface area contributed by atoms with Crippen molar-refractivity contribution in [2.75, 3.05) is 33.4 Å². The van der Waals surface area contributed by atoms with Crippen LogP contribution in [0.4, 0.5) is 0 Å². The SMILES string of the molecule is CNC(c1cnnn1C)C(C)(C)N1CCOCC1. The predicted molar refractivity (Wildman–Crippen MR) is 69.3 cm³/mol. The Morgan fingerprint density at radius 3 is 2.56 bits per heavy atom. The fourth-order valence-corrected chi connectivity index (χ4v) is 2.74. The van der Waals surface area contributed by atoms with Crippen LogP contribution in [0.15, 0.2) is 6.20 Å². The second-order valence-corrected chi connectivity index (χ2v) is 5.26. The molecule has 1 unspecified atom stereocenters. The quantitative estimate of drug-likeness (QED) is 0.830. The number of morpholine rings is 1. The van der Waals surface area contributed by atoms with Gasteiger partial charge in [0.1, 0.15) is 0 Å². The summed E-state index contributed by atoms with van der Waals surface area (Å²) in [4.78, 5) is 2.46. The number of rotatable bonds is 4. The summed E-state index contributed by atoms with van der Waals surface area (Å²) in [5.41, 5.74) is 1.10. The van der Waals surface area contributed by atoms with Crippen molar-refractivity contribution in [1.82, 2.24) is 25.2 Å².